The number of rotatable bonds is 6. The molecule has 0 fully saturated rings. The van der Waals surface area contributed by atoms with E-state index < -0.39 is 6.23 Å². The van der Waals surface area contributed by atoms with Gasteiger partial charge in [-0.05, 0) is 48.0 Å². The molecule has 3 aromatic rings. The molecule has 1 N–H and O–H groups in total. The van der Waals surface area contributed by atoms with Crippen LogP contribution in [0.1, 0.15) is 29.8 Å². The highest BCUT2D eigenvalue weighted by molar-refractivity contribution is 9.10. The van der Waals surface area contributed by atoms with Crippen molar-refractivity contribution < 1.29 is 24.1 Å². The van der Waals surface area contributed by atoms with Gasteiger partial charge in [-0.1, -0.05) is 40.2 Å². The highest BCUT2D eigenvalue weighted by Gasteiger charge is 2.34. The lowest BCUT2D eigenvalue weighted by molar-refractivity contribution is -0.135. The van der Waals surface area contributed by atoms with Crippen molar-refractivity contribution in [3.63, 3.8) is 0 Å². The molecule has 7 nitrogen and oxygen atoms in total. The number of hydrogen-bond acceptors (Lipinski definition) is 6. The number of hydrazone groups is 1. The van der Waals surface area contributed by atoms with Crippen LogP contribution in [0.5, 0.6) is 17.2 Å². The average molecular weight is 497 g/mol. The first-order chi connectivity index (χ1) is 15.5. The Labute approximate surface area is 194 Å². The molecule has 4 rings (SSSR count). The highest BCUT2D eigenvalue weighted by atomic mass is 79.9. The molecule has 0 bridgehead atoms. The minimum Gasteiger partial charge on any atom is -0.504 e. The van der Waals surface area contributed by atoms with Gasteiger partial charge in [0.25, 0.3) is 0 Å². The van der Waals surface area contributed by atoms with Crippen LogP contribution < -0.4 is 9.47 Å². The van der Waals surface area contributed by atoms with Gasteiger partial charge < -0.3 is 19.3 Å². The van der Waals surface area contributed by atoms with Crippen LogP contribution >= 0.6 is 15.9 Å². The third-order valence-electron chi connectivity index (χ3n) is 4.86. The number of benzene rings is 3. The molecule has 1 unspecified atom stereocenters. The Hall–Kier alpha value is -3.52. The van der Waals surface area contributed by atoms with Crippen LogP contribution in [0.15, 0.2) is 76.3 Å². The van der Waals surface area contributed by atoms with E-state index in [2.05, 4.69) is 21.0 Å². The highest BCUT2D eigenvalue weighted by Crippen LogP contribution is 2.36. The minimum atomic E-state index is -0.796. The number of phenolic OH excluding ortho intramolecular Hbond substituents is 1. The fraction of sp³-hybridized carbons (Fsp3) is 0.167. The second-order valence-electron chi connectivity index (χ2n) is 7.08. The number of nitrogens with zero attached hydrogens (tertiary/aromatic N) is 2. The summed E-state index contributed by atoms with van der Waals surface area (Å²) in [6.07, 6.45) is -0.796. The molecular formula is C24H21BrN2O5. The predicted molar refractivity (Wildman–Crippen MR) is 122 cm³/mol. The van der Waals surface area contributed by atoms with Gasteiger partial charge in [0, 0.05) is 17.0 Å². The van der Waals surface area contributed by atoms with Crippen molar-refractivity contribution in [2.24, 2.45) is 5.10 Å². The van der Waals surface area contributed by atoms with Crippen LogP contribution in [0.4, 0.5) is 0 Å². The van der Waals surface area contributed by atoms with Crippen molar-refractivity contribution in [2.45, 2.75) is 19.8 Å². The van der Waals surface area contributed by atoms with Crippen molar-refractivity contribution >= 4 is 27.7 Å². The van der Waals surface area contributed by atoms with Crippen LogP contribution in [0, 0.1) is 0 Å². The number of ether oxygens (including phenoxy) is 3. The van der Waals surface area contributed by atoms with E-state index in [-0.39, 0.29) is 23.3 Å². The van der Waals surface area contributed by atoms with Crippen molar-refractivity contribution in [1.82, 2.24) is 5.01 Å². The first-order valence-electron chi connectivity index (χ1n) is 9.85. The van der Waals surface area contributed by atoms with Crippen LogP contribution in [0.2, 0.25) is 0 Å². The van der Waals surface area contributed by atoms with Crippen LogP contribution in [-0.2, 0) is 16.1 Å². The van der Waals surface area contributed by atoms with Crippen LogP contribution in [0.3, 0.4) is 0 Å². The molecule has 0 radical (unpaired) electrons. The van der Waals surface area contributed by atoms with E-state index in [1.54, 1.807) is 12.1 Å². The Bertz CT molecular complexity index is 1180. The summed E-state index contributed by atoms with van der Waals surface area (Å²) in [6, 6.07) is 20.0. The fourth-order valence-electron chi connectivity index (χ4n) is 3.30. The lowest BCUT2D eigenvalue weighted by atomic mass is 10.1. The minimum absolute atomic E-state index is 0.00365. The molecule has 8 heteroatoms. The molecule has 1 atom stereocenters. The smallest absolute Gasteiger partial charge is 0.244 e. The van der Waals surface area contributed by atoms with E-state index >= 15 is 0 Å². The summed E-state index contributed by atoms with van der Waals surface area (Å²) in [6.45, 7) is 1.77. The Kier molecular flexibility index (Phi) is 6.32. The monoisotopic (exact) mass is 496 g/mol. The topological polar surface area (TPSA) is 80.6 Å². The van der Waals surface area contributed by atoms with E-state index in [1.807, 2.05) is 48.5 Å². The standard InChI is InChI=1S/C24H21BrN2O5/c1-15(28)27-24(17-10-11-20(29)22(13-17)30-2)32-23(26-27)19-8-3-4-9-21(19)31-14-16-6-5-7-18(25)12-16/h3-13,24,29H,14H2,1-2H3. The molecule has 1 aliphatic rings. The number of carbonyl (C=O) groups is 1. The average Bonchev–Trinajstić information content (AvgIpc) is 3.24. The summed E-state index contributed by atoms with van der Waals surface area (Å²) in [4.78, 5) is 12.3. The van der Waals surface area contributed by atoms with Gasteiger partial charge in [0.2, 0.25) is 18.0 Å². The Morgan fingerprint density at radius 2 is 1.94 bits per heavy atom. The number of carbonyl (C=O) groups excluding carboxylic acids is 1. The summed E-state index contributed by atoms with van der Waals surface area (Å²) >= 11 is 3.46. The summed E-state index contributed by atoms with van der Waals surface area (Å²) in [5.41, 5.74) is 2.24. The molecular weight excluding hydrogens is 476 g/mol. The first-order valence-corrected chi connectivity index (χ1v) is 10.6. The van der Waals surface area contributed by atoms with Gasteiger partial charge in [0.05, 0.1) is 12.7 Å². The molecule has 1 heterocycles. The number of methoxy groups -OCH3 is 1. The molecule has 1 amide bonds. The Morgan fingerprint density at radius 1 is 1.12 bits per heavy atom. The maximum absolute atomic E-state index is 12.3. The van der Waals surface area contributed by atoms with E-state index in [0.717, 1.165) is 10.0 Å². The van der Waals surface area contributed by atoms with E-state index in [0.29, 0.717) is 23.5 Å². The van der Waals surface area contributed by atoms with Gasteiger partial charge in [-0.15, -0.1) is 5.10 Å². The Balaban J connectivity index is 1.61. The molecule has 0 saturated heterocycles. The Morgan fingerprint density at radius 3 is 2.69 bits per heavy atom. The molecule has 3 aromatic carbocycles. The number of amides is 1. The zero-order valence-electron chi connectivity index (χ0n) is 17.5. The number of hydrogen-bond donors (Lipinski definition) is 1. The van der Waals surface area contributed by atoms with Gasteiger partial charge >= 0.3 is 0 Å². The lowest BCUT2D eigenvalue weighted by Gasteiger charge is -2.20. The predicted octanol–water partition coefficient (Wildman–Crippen LogP) is 4.98. The van der Waals surface area contributed by atoms with Gasteiger partial charge in [-0.2, -0.15) is 5.01 Å². The lowest BCUT2D eigenvalue weighted by Crippen LogP contribution is -2.25. The molecule has 1 aliphatic heterocycles. The van der Waals surface area contributed by atoms with Crippen molar-refractivity contribution in [3.8, 4) is 17.2 Å². The van der Waals surface area contributed by atoms with Gasteiger partial charge in [0.15, 0.2) is 11.5 Å². The third kappa shape index (κ3) is 4.55. The van der Waals surface area contributed by atoms with Crippen LogP contribution in [0.25, 0.3) is 0 Å². The maximum atomic E-state index is 12.3. The molecule has 32 heavy (non-hydrogen) atoms. The number of phenols is 1. The normalized spacial score (nSPS) is 15.2. The SMILES string of the molecule is COc1cc(C2OC(c3ccccc3OCc3cccc(Br)c3)=NN2C(C)=O)ccc1O. The summed E-state index contributed by atoms with van der Waals surface area (Å²) in [5, 5.41) is 15.6. The second kappa shape index (κ2) is 9.32. The van der Waals surface area contributed by atoms with Gasteiger partial charge in [0.1, 0.15) is 12.4 Å². The van der Waals surface area contributed by atoms with E-state index in [9.17, 15) is 9.90 Å². The zero-order chi connectivity index (χ0) is 22.7. The molecule has 0 saturated carbocycles. The number of aromatic hydroxyl groups is 1. The number of halogens is 1. The van der Waals surface area contributed by atoms with Crippen molar-refractivity contribution in [1.29, 1.82) is 0 Å². The number of para-hydroxylation sites is 1. The summed E-state index contributed by atoms with van der Waals surface area (Å²) < 4.78 is 18.3. The maximum Gasteiger partial charge on any atom is 0.244 e. The largest absolute Gasteiger partial charge is 0.504 e. The van der Waals surface area contributed by atoms with Gasteiger partial charge in [-0.3, -0.25) is 4.79 Å². The van der Waals surface area contributed by atoms with Crippen LogP contribution in [-0.4, -0.2) is 29.0 Å². The zero-order valence-corrected chi connectivity index (χ0v) is 19.1. The molecule has 0 aromatic heterocycles. The molecule has 0 aliphatic carbocycles. The molecule has 164 valence electrons. The quantitative estimate of drug-likeness (QED) is 0.520. The second-order valence-corrected chi connectivity index (χ2v) is 8.00. The van der Waals surface area contributed by atoms with E-state index in [1.165, 1.54) is 25.1 Å². The third-order valence-corrected chi connectivity index (χ3v) is 5.35. The van der Waals surface area contributed by atoms with Crippen molar-refractivity contribution in [2.75, 3.05) is 7.11 Å². The van der Waals surface area contributed by atoms with Crippen molar-refractivity contribution in [3.05, 3.63) is 87.9 Å². The molecule has 0 spiro atoms. The summed E-state index contributed by atoms with van der Waals surface area (Å²) in [5.74, 6) is 0.835. The summed E-state index contributed by atoms with van der Waals surface area (Å²) in [7, 11) is 1.46. The van der Waals surface area contributed by atoms with E-state index in [4.69, 9.17) is 14.2 Å². The fourth-order valence-corrected chi connectivity index (χ4v) is 3.74. The van der Waals surface area contributed by atoms with Gasteiger partial charge in [-0.25, -0.2) is 0 Å². The first kappa shape index (κ1) is 21.7.